The molecule has 0 aliphatic heterocycles. The highest BCUT2D eigenvalue weighted by Crippen LogP contribution is 2.10. The fourth-order valence-electron chi connectivity index (χ4n) is 2.90. The van der Waals surface area contributed by atoms with Crippen LogP contribution in [0.15, 0.2) is 12.2 Å². The molecular formula is C22H43NO. The van der Waals surface area contributed by atoms with Crippen molar-refractivity contribution in [3.05, 3.63) is 12.2 Å². The molecule has 0 fully saturated rings. The van der Waals surface area contributed by atoms with Gasteiger partial charge in [0.2, 0.25) is 5.91 Å². The van der Waals surface area contributed by atoms with E-state index < -0.39 is 0 Å². The Balaban J connectivity index is 3.09. The number of amides is 1. The quantitative estimate of drug-likeness (QED) is 0.213. The second kappa shape index (κ2) is 20.3. The summed E-state index contributed by atoms with van der Waals surface area (Å²) >= 11 is 0. The molecule has 2 nitrogen and oxygen atoms in total. The Labute approximate surface area is 151 Å². The van der Waals surface area contributed by atoms with Crippen molar-refractivity contribution < 1.29 is 4.79 Å². The highest BCUT2D eigenvalue weighted by Gasteiger charge is 1.95. The first-order valence-electron chi connectivity index (χ1n) is 10.7. The standard InChI is InChI=1S/C22H43NO/c1-3-5-6-7-8-9-10-11-12-13-14-15-16-17-18-19-20-21-23-22(24)4-2/h12-13H,3-11,14-21H2,1-2H3,(H,23,24)/b13-12-. The SMILES string of the molecule is CCCCCCCCC/C=C\CCCCCCCCNC(=O)CC. The van der Waals surface area contributed by atoms with Crippen LogP contribution in [0.3, 0.4) is 0 Å². The van der Waals surface area contributed by atoms with Crippen LogP contribution in [0.5, 0.6) is 0 Å². The van der Waals surface area contributed by atoms with Gasteiger partial charge in [-0.3, -0.25) is 4.79 Å². The third kappa shape index (κ3) is 19.3. The van der Waals surface area contributed by atoms with E-state index in [0.717, 1.165) is 13.0 Å². The Kier molecular flexibility index (Phi) is 19.6. The van der Waals surface area contributed by atoms with Gasteiger partial charge < -0.3 is 5.32 Å². The lowest BCUT2D eigenvalue weighted by Crippen LogP contribution is -2.23. The summed E-state index contributed by atoms with van der Waals surface area (Å²) in [5.41, 5.74) is 0. The lowest BCUT2D eigenvalue weighted by atomic mass is 10.1. The van der Waals surface area contributed by atoms with Crippen LogP contribution in [0.4, 0.5) is 0 Å². The number of allylic oxidation sites excluding steroid dienone is 2. The van der Waals surface area contributed by atoms with E-state index in [1.807, 2.05) is 6.92 Å². The van der Waals surface area contributed by atoms with Gasteiger partial charge in [-0.1, -0.05) is 90.2 Å². The molecule has 0 unspecified atom stereocenters. The average Bonchev–Trinajstić information content (AvgIpc) is 2.60. The topological polar surface area (TPSA) is 29.1 Å². The molecule has 0 aliphatic carbocycles. The minimum absolute atomic E-state index is 0.179. The first kappa shape index (κ1) is 23.2. The van der Waals surface area contributed by atoms with Crippen molar-refractivity contribution in [2.75, 3.05) is 6.54 Å². The van der Waals surface area contributed by atoms with Crippen molar-refractivity contribution in [1.82, 2.24) is 5.32 Å². The number of carbonyl (C=O) groups is 1. The van der Waals surface area contributed by atoms with Crippen molar-refractivity contribution >= 4 is 5.91 Å². The zero-order valence-electron chi connectivity index (χ0n) is 16.6. The second-order valence-corrected chi connectivity index (χ2v) is 6.99. The summed E-state index contributed by atoms with van der Waals surface area (Å²) < 4.78 is 0. The van der Waals surface area contributed by atoms with Gasteiger partial charge in [0, 0.05) is 13.0 Å². The molecule has 1 amide bonds. The fourth-order valence-corrected chi connectivity index (χ4v) is 2.90. The molecular weight excluding hydrogens is 294 g/mol. The molecule has 0 aromatic heterocycles. The molecule has 0 atom stereocenters. The molecule has 0 saturated carbocycles. The molecule has 0 rings (SSSR count). The molecule has 142 valence electrons. The van der Waals surface area contributed by atoms with Gasteiger partial charge in [0.15, 0.2) is 0 Å². The number of unbranched alkanes of at least 4 members (excludes halogenated alkanes) is 13. The van der Waals surface area contributed by atoms with Gasteiger partial charge in [-0.15, -0.1) is 0 Å². The summed E-state index contributed by atoms with van der Waals surface area (Å²) in [6, 6.07) is 0. The van der Waals surface area contributed by atoms with Crippen LogP contribution in [-0.2, 0) is 4.79 Å². The average molecular weight is 338 g/mol. The molecule has 0 spiro atoms. The predicted molar refractivity (Wildman–Crippen MR) is 107 cm³/mol. The van der Waals surface area contributed by atoms with Crippen LogP contribution in [0.25, 0.3) is 0 Å². The third-order valence-corrected chi connectivity index (χ3v) is 4.58. The molecule has 1 N–H and O–H groups in total. The van der Waals surface area contributed by atoms with Gasteiger partial charge >= 0.3 is 0 Å². The number of nitrogens with one attached hydrogen (secondary N) is 1. The highest BCUT2D eigenvalue weighted by atomic mass is 16.1. The lowest BCUT2D eigenvalue weighted by Gasteiger charge is -2.03. The van der Waals surface area contributed by atoms with E-state index in [9.17, 15) is 4.79 Å². The summed E-state index contributed by atoms with van der Waals surface area (Å²) in [6.45, 7) is 5.03. The number of hydrogen-bond donors (Lipinski definition) is 1. The minimum Gasteiger partial charge on any atom is -0.356 e. The second-order valence-electron chi connectivity index (χ2n) is 6.99. The molecule has 0 bridgehead atoms. The molecule has 0 aliphatic rings. The molecule has 0 aromatic rings. The van der Waals surface area contributed by atoms with E-state index in [0.29, 0.717) is 6.42 Å². The van der Waals surface area contributed by atoms with E-state index in [-0.39, 0.29) is 5.91 Å². The van der Waals surface area contributed by atoms with Crippen LogP contribution in [0, 0.1) is 0 Å². The zero-order valence-corrected chi connectivity index (χ0v) is 16.6. The number of hydrogen-bond acceptors (Lipinski definition) is 1. The van der Waals surface area contributed by atoms with Gasteiger partial charge in [-0.05, 0) is 32.1 Å². The van der Waals surface area contributed by atoms with Gasteiger partial charge in [0.25, 0.3) is 0 Å². The normalized spacial score (nSPS) is 11.2. The first-order chi connectivity index (χ1) is 11.8. The molecule has 24 heavy (non-hydrogen) atoms. The monoisotopic (exact) mass is 337 g/mol. The Hall–Kier alpha value is -0.790. The minimum atomic E-state index is 0.179. The maximum Gasteiger partial charge on any atom is 0.219 e. The van der Waals surface area contributed by atoms with Gasteiger partial charge in [0.05, 0.1) is 0 Å². The number of carbonyl (C=O) groups excluding carboxylic acids is 1. The predicted octanol–water partition coefficient (Wildman–Crippen LogP) is 6.94. The summed E-state index contributed by atoms with van der Waals surface area (Å²) in [7, 11) is 0. The summed E-state index contributed by atoms with van der Waals surface area (Å²) in [6.07, 6.45) is 25.5. The van der Waals surface area contributed by atoms with Crippen molar-refractivity contribution in [3.63, 3.8) is 0 Å². The van der Waals surface area contributed by atoms with Crippen LogP contribution in [0.2, 0.25) is 0 Å². The maximum atomic E-state index is 11.1. The van der Waals surface area contributed by atoms with Crippen molar-refractivity contribution in [3.8, 4) is 0 Å². The molecule has 0 aromatic carbocycles. The summed E-state index contributed by atoms with van der Waals surface area (Å²) in [5.74, 6) is 0.179. The lowest BCUT2D eigenvalue weighted by molar-refractivity contribution is -0.120. The smallest absolute Gasteiger partial charge is 0.219 e. The summed E-state index contributed by atoms with van der Waals surface area (Å²) in [4.78, 5) is 11.1. The van der Waals surface area contributed by atoms with Crippen molar-refractivity contribution in [2.45, 2.75) is 117 Å². The van der Waals surface area contributed by atoms with Crippen LogP contribution in [-0.4, -0.2) is 12.5 Å². The third-order valence-electron chi connectivity index (χ3n) is 4.58. The molecule has 2 heteroatoms. The van der Waals surface area contributed by atoms with E-state index in [1.165, 1.54) is 89.9 Å². The van der Waals surface area contributed by atoms with Crippen molar-refractivity contribution in [1.29, 1.82) is 0 Å². The Morgan fingerprint density at radius 2 is 1.12 bits per heavy atom. The Bertz CT molecular complexity index is 286. The fraction of sp³-hybridized carbons (Fsp3) is 0.864. The Morgan fingerprint density at radius 3 is 1.62 bits per heavy atom. The Morgan fingerprint density at radius 1 is 0.667 bits per heavy atom. The summed E-state index contributed by atoms with van der Waals surface area (Å²) in [5, 5.41) is 2.94. The van der Waals surface area contributed by atoms with E-state index >= 15 is 0 Å². The highest BCUT2D eigenvalue weighted by molar-refractivity contribution is 5.75. The van der Waals surface area contributed by atoms with E-state index in [4.69, 9.17) is 0 Å². The molecule has 0 heterocycles. The van der Waals surface area contributed by atoms with Gasteiger partial charge in [-0.25, -0.2) is 0 Å². The maximum absolute atomic E-state index is 11.1. The zero-order chi connectivity index (χ0) is 17.7. The van der Waals surface area contributed by atoms with Crippen LogP contribution in [0.1, 0.15) is 117 Å². The molecule has 0 radical (unpaired) electrons. The number of rotatable bonds is 18. The largest absolute Gasteiger partial charge is 0.356 e. The van der Waals surface area contributed by atoms with Gasteiger partial charge in [-0.2, -0.15) is 0 Å². The van der Waals surface area contributed by atoms with Crippen LogP contribution < -0.4 is 5.32 Å². The molecule has 0 saturated heterocycles. The van der Waals surface area contributed by atoms with Crippen molar-refractivity contribution in [2.24, 2.45) is 0 Å². The van der Waals surface area contributed by atoms with Gasteiger partial charge in [0.1, 0.15) is 0 Å². The van der Waals surface area contributed by atoms with E-state index in [1.54, 1.807) is 0 Å². The van der Waals surface area contributed by atoms with E-state index in [2.05, 4.69) is 24.4 Å². The van der Waals surface area contributed by atoms with Crippen LogP contribution >= 0.6 is 0 Å². The first-order valence-corrected chi connectivity index (χ1v) is 10.7.